The summed E-state index contributed by atoms with van der Waals surface area (Å²) < 4.78 is 13.3. The van der Waals surface area contributed by atoms with Crippen LogP contribution in [0.4, 0.5) is 10.1 Å². The Morgan fingerprint density at radius 1 is 1.32 bits per heavy atom. The molecule has 1 unspecified atom stereocenters. The van der Waals surface area contributed by atoms with Gasteiger partial charge < -0.3 is 10.6 Å². The average Bonchev–Trinajstić information content (AvgIpc) is 2.57. The number of amides is 2. The molecule has 7 heteroatoms. The number of halogens is 2. The van der Waals surface area contributed by atoms with E-state index in [-0.39, 0.29) is 24.1 Å². The lowest BCUT2D eigenvalue weighted by atomic mass is 10.1. The fourth-order valence-corrected chi connectivity index (χ4v) is 3.78. The lowest BCUT2D eigenvalue weighted by Crippen LogP contribution is -2.34. The number of anilines is 1. The molecular formula is C18H16ClFN2O2S. The van der Waals surface area contributed by atoms with E-state index in [0.717, 1.165) is 10.5 Å². The summed E-state index contributed by atoms with van der Waals surface area (Å²) in [4.78, 5) is 25.2. The summed E-state index contributed by atoms with van der Waals surface area (Å²) in [5, 5.41) is 5.60. The second-order valence-electron chi connectivity index (χ2n) is 5.80. The molecule has 2 aromatic rings. The molecule has 0 aliphatic carbocycles. The second kappa shape index (κ2) is 7.45. The van der Waals surface area contributed by atoms with Gasteiger partial charge in [0.15, 0.2) is 0 Å². The van der Waals surface area contributed by atoms with Crippen LogP contribution in [0, 0.1) is 12.7 Å². The Morgan fingerprint density at radius 3 is 2.88 bits per heavy atom. The van der Waals surface area contributed by atoms with Gasteiger partial charge in [0, 0.05) is 22.9 Å². The first-order valence-corrected chi connectivity index (χ1v) is 8.97. The molecule has 1 aliphatic heterocycles. The number of nitrogens with one attached hydrogen (secondary N) is 2. The first-order chi connectivity index (χ1) is 11.9. The first-order valence-electron chi connectivity index (χ1n) is 7.71. The molecule has 4 nitrogen and oxygen atoms in total. The van der Waals surface area contributed by atoms with E-state index in [2.05, 4.69) is 10.6 Å². The van der Waals surface area contributed by atoms with Crippen molar-refractivity contribution in [1.29, 1.82) is 0 Å². The van der Waals surface area contributed by atoms with Gasteiger partial charge in [0.05, 0.1) is 10.9 Å². The number of thioether (sulfide) groups is 1. The number of rotatable bonds is 4. The lowest BCUT2D eigenvalue weighted by Gasteiger charge is -2.23. The van der Waals surface area contributed by atoms with E-state index in [4.69, 9.17) is 11.6 Å². The molecule has 0 fully saturated rings. The molecule has 0 radical (unpaired) electrons. The van der Waals surface area contributed by atoms with E-state index in [0.29, 0.717) is 22.8 Å². The van der Waals surface area contributed by atoms with Gasteiger partial charge in [0.25, 0.3) is 0 Å². The zero-order chi connectivity index (χ0) is 18.0. The molecule has 0 saturated carbocycles. The van der Waals surface area contributed by atoms with Crippen LogP contribution in [0.25, 0.3) is 0 Å². The predicted octanol–water partition coefficient (Wildman–Crippen LogP) is 3.91. The number of carbonyl (C=O) groups excluding carboxylic acids is 2. The number of carbonyl (C=O) groups is 2. The van der Waals surface area contributed by atoms with Gasteiger partial charge in [0.2, 0.25) is 11.8 Å². The van der Waals surface area contributed by atoms with Crippen molar-refractivity contribution in [1.82, 2.24) is 5.32 Å². The van der Waals surface area contributed by atoms with Crippen LogP contribution in [0.5, 0.6) is 0 Å². The Kier molecular flexibility index (Phi) is 5.30. The van der Waals surface area contributed by atoms with Crippen LogP contribution in [-0.4, -0.2) is 17.1 Å². The minimum absolute atomic E-state index is 0.0682. The molecule has 3 rings (SSSR count). The van der Waals surface area contributed by atoms with E-state index >= 15 is 0 Å². The van der Waals surface area contributed by atoms with Crippen molar-refractivity contribution in [3.8, 4) is 0 Å². The summed E-state index contributed by atoms with van der Waals surface area (Å²) in [5.41, 5.74) is 2.01. The highest BCUT2D eigenvalue weighted by atomic mass is 35.5. The summed E-state index contributed by atoms with van der Waals surface area (Å²) in [6.07, 6.45) is 0.0682. The van der Waals surface area contributed by atoms with Crippen molar-refractivity contribution in [3.63, 3.8) is 0 Å². The maximum absolute atomic E-state index is 13.3. The van der Waals surface area contributed by atoms with Crippen molar-refractivity contribution in [2.24, 2.45) is 0 Å². The lowest BCUT2D eigenvalue weighted by molar-refractivity contribution is -0.124. The molecule has 2 N–H and O–H groups in total. The van der Waals surface area contributed by atoms with Gasteiger partial charge >= 0.3 is 0 Å². The van der Waals surface area contributed by atoms with Gasteiger partial charge in [-0.3, -0.25) is 9.59 Å². The molecule has 0 bridgehead atoms. The molecular weight excluding hydrogens is 363 g/mol. The number of aryl methyl sites for hydroxylation is 1. The zero-order valence-electron chi connectivity index (χ0n) is 13.4. The van der Waals surface area contributed by atoms with Crippen molar-refractivity contribution in [2.45, 2.75) is 30.0 Å². The van der Waals surface area contributed by atoms with E-state index in [9.17, 15) is 14.0 Å². The second-order valence-corrected chi connectivity index (χ2v) is 7.48. The van der Waals surface area contributed by atoms with E-state index in [1.54, 1.807) is 31.2 Å². The third kappa shape index (κ3) is 4.32. The number of fused-ring (bicyclic) bond motifs is 1. The van der Waals surface area contributed by atoms with Gasteiger partial charge in [-0.2, -0.15) is 0 Å². The minimum atomic E-state index is -0.497. The van der Waals surface area contributed by atoms with E-state index in [1.165, 1.54) is 17.8 Å². The van der Waals surface area contributed by atoms with Crippen molar-refractivity contribution < 1.29 is 14.0 Å². The van der Waals surface area contributed by atoms with Crippen molar-refractivity contribution in [3.05, 3.63) is 58.4 Å². The van der Waals surface area contributed by atoms with E-state index < -0.39 is 5.25 Å². The maximum Gasteiger partial charge on any atom is 0.238 e. The van der Waals surface area contributed by atoms with Crippen molar-refractivity contribution in [2.75, 3.05) is 5.32 Å². The van der Waals surface area contributed by atoms with Gasteiger partial charge in [0.1, 0.15) is 5.82 Å². The zero-order valence-corrected chi connectivity index (χ0v) is 15.0. The van der Waals surface area contributed by atoms with Crippen LogP contribution in [0.2, 0.25) is 5.02 Å². The van der Waals surface area contributed by atoms with Crippen molar-refractivity contribution >= 4 is 40.9 Å². The highest BCUT2D eigenvalue weighted by Crippen LogP contribution is 2.38. The fraction of sp³-hybridized carbons (Fsp3) is 0.222. The summed E-state index contributed by atoms with van der Waals surface area (Å²) in [6.45, 7) is 1.97. The minimum Gasteiger partial charge on any atom is -0.352 e. The molecule has 0 spiro atoms. The van der Waals surface area contributed by atoms with E-state index in [1.807, 2.05) is 6.07 Å². The molecule has 0 saturated heterocycles. The maximum atomic E-state index is 13.3. The first kappa shape index (κ1) is 17.8. The summed E-state index contributed by atoms with van der Waals surface area (Å²) in [6, 6.07) is 9.97. The third-order valence-electron chi connectivity index (χ3n) is 3.84. The summed E-state index contributed by atoms with van der Waals surface area (Å²) in [5.74, 6) is -0.719. The van der Waals surface area contributed by atoms with Crippen LogP contribution in [-0.2, 0) is 16.1 Å². The van der Waals surface area contributed by atoms with Gasteiger partial charge in [-0.1, -0.05) is 23.7 Å². The Morgan fingerprint density at radius 2 is 2.12 bits per heavy atom. The Labute approximate surface area is 154 Å². The van der Waals surface area contributed by atoms with Gasteiger partial charge in [-0.05, 0) is 42.3 Å². The van der Waals surface area contributed by atoms with Crippen LogP contribution in [0.3, 0.4) is 0 Å². The SMILES string of the molecule is Cc1cc(CNC(=O)CC2Sc3ccc(Cl)cc3NC2=O)ccc1F. The van der Waals surface area contributed by atoms with Crippen LogP contribution in [0.15, 0.2) is 41.3 Å². The summed E-state index contributed by atoms with van der Waals surface area (Å²) in [7, 11) is 0. The smallest absolute Gasteiger partial charge is 0.238 e. The normalized spacial score (nSPS) is 16.1. The number of benzene rings is 2. The molecule has 25 heavy (non-hydrogen) atoms. The average molecular weight is 379 g/mol. The molecule has 1 aliphatic rings. The van der Waals surface area contributed by atoms with Gasteiger partial charge in [-0.15, -0.1) is 11.8 Å². The molecule has 1 atom stereocenters. The van der Waals surface area contributed by atoms with Gasteiger partial charge in [-0.25, -0.2) is 4.39 Å². The largest absolute Gasteiger partial charge is 0.352 e. The highest BCUT2D eigenvalue weighted by Gasteiger charge is 2.29. The molecule has 2 amide bonds. The molecule has 1 heterocycles. The molecule has 0 aromatic heterocycles. The predicted molar refractivity (Wildman–Crippen MR) is 97.3 cm³/mol. The monoisotopic (exact) mass is 378 g/mol. The third-order valence-corrected chi connectivity index (χ3v) is 5.35. The molecule has 130 valence electrons. The Bertz CT molecular complexity index is 844. The quantitative estimate of drug-likeness (QED) is 0.848. The fourth-order valence-electron chi connectivity index (χ4n) is 2.51. The molecule has 2 aromatic carbocycles. The summed E-state index contributed by atoms with van der Waals surface area (Å²) >= 11 is 7.26. The van der Waals surface area contributed by atoms with Crippen LogP contribution in [0.1, 0.15) is 17.5 Å². The van der Waals surface area contributed by atoms with Crippen LogP contribution >= 0.6 is 23.4 Å². The number of hydrogen-bond acceptors (Lipinski definition) is 3. The number of hydrogen-bond donors (Lipinski definition) is 2. The standard InChI is InChI=1S/C18H16ClFN2O2S/c1-10-6-11(2-4-13(10)20)9-21-17(23)8-16-18(24)22-14-7-12(19)3-5-15(14)25-16/h2-7,16H,8-9H2,1H3,(H,21,23)(H,22,24). The topological polar surface area (TPSA) is 58.2 Å². The Hall–Kier alpha value is -2.05. The highest BCUT2D eigenvalue weighted by molar-refractivity contribution is 8.01. The Balaban J connectivity index is 1.58. The van der Waals surface area contributed by atoms with Crippen LogP contribution < -0.4 is 10.6 Å².